The summed E-state index contributed by atoms with van der Waals surface area (Å²) < 4.78 is 47.8. The zero-order valence-electron chi connectivity index (χ0n) is 15.4. The van der Waals surface area contributed by atoms with Crippen LogP contribution in [0.2, 0.25) is 5.02 Å². The van der Waals surface area contributed by atoms with Gasteiger partial charge in [-0.2, -0.15) is 0 Å². The Morgan fingerprint density at radius 2 is 2.03 bits per heavy atom. The minimum absolute atomic E-state index is 0.00688. The first-order chi connectivity index (χ1) is 13.5. The molecule has 1 aliphatic heterocycles. The van der Waals surface area contributed by atoms with Gasteiger partial charge in [-0.1, -0.05) is 17.7 Å². The molecular weight excluding hydrogens is 411 g/mol. The molecular formula is C19H17ClF3N3O3. The number of urea groups is 1. The topological polar surface area (TPSA) is 84.7 Å². The second-order valence-corrected chi connectivity index (χ2v) is 7.08. The van der Waals surface area contributed by atoms with E-state index in [0.717, 1.165) is 23.1 Å². The smallest absolute Gasteiger partial charge is 0.312 e. The number of rotatable bonds is 4. The van der Waals surface area contributed by atoms with E-state index in [1.54, 1.807) is 0 Å². The van der Waals surface area contributed by atoms with Crippen LogP contribution in [0.4, 0.5) is 23.7 Å². The van der Waals surface area contributed by atoms with E-state index < -0.39 is 35.3 Å². The average Bonchev–Trinajstić information content (AvgIpc) is 2.61. The van der Waals surface area contributed by atoms with Crippen molar-refractivity contribution in [1.82, 2.24) is 5.32 Å². The van der Waals surface area contributed by atoms with Gasteiger partial charge in [0.1, 0.15) is 17.6 Å². The van der Waals surface area contributed by atoms with Crippen molar-refractivity contribution >= 4 is 29.2 Å². The molecule has 1 atom stereocenters. The Labute approximate surface area is 169 Å². The molecule has 2 aromatic carbocycles. The molecule has 0 fully saturated rings. The zero-order valence-corrected chi connectivity index (χ0v) is 16.2. The maximum absolute atomic E-state index is 14.3. The highest BCUT2D eigenvalue weighted by Crippen LogP contribution is 2.47. The monoisotopic (exact) mass is 427 g/mol. The number of anilines is 1. The predicted molar refractivity (Wildman–Crippen MR) is 101 cm³/mol. The molecule has 2 aromatic rings. The van der Waals surface area contributed by atoms with Gasteiger partial charge in [0.15, 0.2) is 5.75 Å². The fraction of sp³-hybridized carbons (Fsp3) is 0.263. The lowest BCUT2D eigenvalue weighted by molar-refractivity contribution is -0.120. The molecule has 0 saturated heterocycles. The minimum Gasteiger partial charge on any atom is -0.453 e. The molecule has 10 heteroatoms. The van der Waals surface area contributed by atoms with Gasteiger partial charge in [-0.3, -0.25) is 4.79 Å². The van der Waals surface area contributed by atoms with E-state index in [2.05, 4.69) is 5.32 Å². The number of amides is 3. The summed E-state index contributed by atoms with van der Waals surface area (Å²) in [5, 5.41) is 2.33. The summed E-state index contributed by atoms with van der Waals surface area (Å²) in [6.45, 7) is 0.677. The van der Waals surface area contributed by atoms with Crippen LogP contribution in [0.5, 0.6) is 11.5 Å². The number of nitrogens with two attached hydrogens (primary N) is 1. The Hall–Kier alpha value is -2.94. The van der Waals surface area contributed by atoms with Crippen LogP contribution in [0.3, 0.4) is 0 Å². The van der Waals surface area contributed by atoms with Crippen LogP contribution in [-0.4, -0.2) is 25.0 Å². The first-order valence-corrected chi connectivity index (χ1v) is 8.87. The number of alkyl halides is 2. The molecule has 0 radical (unpaired) electrons. The van der Waals surface area contributed by atoms with Crippen molar-refractivity contribution in [2.24, 2.45) is 5.73 Å². The molecule has 3 amide bonds. The summed E-state index contributed by atoms with van der Waals surface area (Å²) in [7, 11) is 1.35. The van der Waals surface area contributed by atoms with Gasteiger partial charge in [-0.25, -0.2) is 18.0 Å². The lowest BCUT2D eigenvalue weighted by Gasteiger charge is -2.34. The van der Waals surface area contributed by atoms with Gasteiger partial charge in [0, 0.05) is 26.5 Å². The van der Waals surface area contributed by atoms with Crippen molar-refractivity contribution in [2.45, 2.75) is 25.3 Å². The van der Waals surface area contributed by atoms with E-state index in [4.69, 9.17) is 22.1 Å². The summed E-state index contributed by atoms with van der Waals surface area (Å²) in [6.07, 6.45) is 0.0181. The minimum atomic E-state index is -3.32. The van der Waals surface area contributed by atoms with Gasteiger partial charge in [-0.15, -0.1) is 0 Å². The van der Waals surface area contributed by atoms with Crippen LogP contribution in [0.1, 0.15) is 18.1 Å². The highest BCUT2D eigenvalue weighted by molar-refractivity contribution is 6.32. The number of likely N-dealkylation sites (N-methyl/N-ethyl adjacent to an activating group) is 1. The Morgan fingerprint density at radius 1 is 1.34 bits per heavy atom. The van der Waals surface area contributed by atoms with Crippen molar-refractivity contribution in [2.75, 3.05) is 11.9 Å². The molecule has 1 aliphatic rings. The quantitative estimate of drug-likeness (QED) is 0.775. The van der Waals surface area contributed by atoms with E-state index in [0.29, 0.717) is 12.5 Å². The molecule has 0 saturated carbocycles. The van der Waals surface area contributed by atoms with E-state index >= 15 is 0 Å². The number of fused-ring (bicyclic) bond motifs is 1. The number of carbonyl (C=O) groups is 2. The molecule has 0 bridgehead atoms. The SMILES string of the molecule is CN1C(=O)[C@H](NC(N)=O)Cc2ccc(C(C)(F)F)c(Oc3cc(F)ccc3Cl)c21. The first kappa shape index (κ1) is 20.8. The lowest BCUT2D eigenvalue weighted by atomic mass is 9.93. The van der Waals surface area contributed by atoms with Gasteiger partial charge in [0.05, 0.1) is 16.3 Å². The van der Waals surface area contributed by atoms with E-state index in [-0.39, 0.29) is 28.6 Å². The van der Waals surface area contributed by atoms with Crippen molar-refractivity contribution in [3.05, 3.63) is 52.3 Å². The highest BCUT2D eigenvalue weighted by atomic mass is 35.5. The highest BCUT2D eigenvalue weighted by Gasteiger charge is 2.38. The number of nitrogens with one attached hydrogen (secondary N) is 1. The zero-order chi connectivity index (χ0) is 21.5. The summed E-state index contributed by atoms with van der Waals surface area (Å²) in [5.41, 5.74) is 5.14. The molecule has 3 rings (SSSR count). The summed E-state index contributed by atoms with van der Waals surface area (Å²) >= 11 is 6.02. The third-order valence-corrected chi connectivity index (χ3v) is 4.81. The van der Waals surface area contributed by atoms with Crippen LogP contribution in [-0.2, 0) is 17.1 Å². The number of hydrogen-bond acceptors (Lipinski definition) is 3. The molecule has 3 N–H and O–H groups in total. The Kier molecular flexibility index (Phi) is 5.36. The normalized spacial score (nSPS) is 16.4. The lowest BCUT2D eigenvalue weighted by Crippen LogP contribution is -2.53. The number of benzene rings is 2. The molecule has 29 heavy (non-hydrogen) atoms. The maximum Gasteiger partial charge on any atom is 0.312 e. The Morgan fingerprint density at radius 3 is 2.66 bits per heavy atom. The summed E-state index contributed by atoms with van der Waals surface area (Å²) in [4.78, 5) is 24.9. The van der Waals surface area contributed by atoms with Crippen LogP contribution < -0.4 is 20.7 Å². The van der Waals surface area contributed by atoms with Gasteiger partial charge in [-0.05, 0) is 23.8 Å². The average molecular weight is 428 g/mol. The Balaban J connectivity index is 2.17. The number of ether oxygens (including phenoxy) is 1. The Bertz CT molecular complexity index is 995. The van der Waals surface area contributed by atoms with Crippen molar-refractivity contribution < 1.29 is 27.5 Å². The predicted octanol–water partition coefficient (Wildman–Crippen LogP) is 3.94. The van der Waals surface area contributed by atoms with E-state index in [1.807, 2.05) is 0 Å². The molecule has 0 spiro atoms. The molecule has 0 aromatic heterocycles. The largest absolute Gasteiger partial charge is 0.453 e. The van der Waals surface area contributed by atoms with Crippen molar-refractivity contribution in [3.8, 4) is 11.5 Å². The van der Waals surface area contributed by atoms with Crippen LogP contribution >= 0.6 is 11.6 Å². The number of primary amides is 1. The van der Waals surface area contributed by atoms with Crippen LogP contribution in [0.15, 0.2) is 30.3 Å². The third kappa shape index (κ3) is 4.09. The van der Waals surface area contributed by atoms with Crippen molar-refractivity contribution in [3.63, 3.8) is 0 Å². The van der Waals surface area contributed by atoms with E-state index in [9.17, 15) is 22.8 Å². The third-order valence-electron chi connectivity index (χ3n) is 4.50. The number of nitrogens with zero attached hydrogens (tertiary/aromatic N) is 1. The van der Waals surface area contributed by atoms with Gasteiger partial charge < -0.3 is 20.7 Å². The number of carbonyl (C=O) groups excluding carboxylic acids is 2. The van der Waals surface area contributed by atoms with Crippen LogP contribution in [0.25, 0.3) is 0 Å². The number of hydrogen-bond donors (Lipinski definition) is 2. The fourth-order valence-corrected chi connectivity index (χ4v) is 3.35. The second-order valence-electron chi connectivity index (χ2n) is 6.68. The molecule has 154 valence electrons. The molecule has 0 unspecified atom stereocenters. The fourth-order valence-electron chi connectivity index (χ4n) is 3.19. The summed E-state index contributed by atoms with van der Waals surface area (Å²) in [5.74, 6) is -5.06. The number of halogens is 4. The molecule has 1 heterocycles. The van der Waals surface area contributed by atoms with E-state index in [1.165, 1.54) is 19.2 Å². The van der Waals surface area contributed by atoms with Crippen LogP contribution in [0, 0.1) is 5.82 Å². The molecule has 0 aliphatic carbocycles. The van der Waals surface area contributed by atoms with Crippen molar-refractivity contribution in [1.29, 1.82) is 0 Å². The molecule has 6 nitrogen and oxygen atoms in total. The van der Waals surface area contributed by atoms with Gasteiger partial charge >= 0.3 is 6.03 Å². The first-order valence-electron chi connectivity index (χ1n) is 8.49. The standard InChI is InChI=1S/C19H17ClF3N3O3/c1-19(22,23)11-5-3-9-7-13(25-18(24)28)17(27)26(2)15(9)16(11)29-14-8-10(21)4-6-12(14)20/h3-6,8,13H,7H2,1-2H3,(H3,24,25,28)/t13-/m1/s1. The summed E-state index contributed by atoms with van der Waals surface area (Å²) in [6, 6.07) is 4.02. The maximum atomic E-state index is 14.3. The van der Waals surface area contributed by atoms with Gasteiger partial charge in [0.2, 0.25) is 5.91 Å². The second kappa shape index (κ2) is 7.47. The van der Waals surface area contributed by atoms with Gasteiger partial charge in [0.25, 0.3) is 5.92 Å².